The van der Waals surface area contributed by atoms with Crippen LogP contribution in [0, 0.1) is 0 Å². The molecule has 7 heteroatoms. The molecular weight excluding hydrogens is 290 g/mol. The van der Waals surface area contributed by atoms with Crippen LogP contribution in [0.1, 0.15) is 19.4 Å². The molecule has 2 rings (SSSR count). The number of benzene rings is 1. The molecule has 1 aliphatic rings. The first-order chi connectivity index (χ1) is 9.86. The van der Waals surface area contributed by atoms with Crippen LogP contribution in [0.4, 0.5) is 5.69 Å². The number of hydrogen-bond donors (Lipinski definition) is 2. The van der Waals surface area contributed by atoms with Crippen molar-refractivity contribution < 1.29 is 13.2 Å². The monoisotopic (exact) mass is 311 g/mol. The van der Waals surface area contributed by atoms with Crippen molar-refractivity contribution in [3.8, 4) is 0 Å². The van der Waals surface area contributed by atoms with Gasteiger partial charge in [0.1, 0.15) is 0 Å². The Morgan fingerprint density at radius 3 is 2.71 bits per heavy atom. The van der Waals surface area contributed by atoms with Crippen LogP contribution >= 0.6 is 0 Å². The highest BCUT2D eigenvalue weighted by molar-refractivity contribution is 7.89. The maximum Gasteiger partial charge on any atom is 0.240 e. The fraction of sp³-hybridized carbons (Fsp3) is 0.500. The second-order valence-corrected chi connectivity index (χ2v) is 7.00. The molecule has 1 aliphatic heterocycles. The molecule has 6 nitrogen and oxygen atoms in total. The molecule has 0 bridgehead atoms. The van der Waals surface area contributed by atoms with Crippen molar-refractivity contribution in [2.45, 2.75) is 31.2 Å². The number of carbonyl (C=O) groups excluding carboxylic acids is 1. The normalized spacial score (nSPS) is 17.9. The van der Waals surface area contributed by atoms with Crippen LogP contribution in [-0.4, -0.2) is 40.5 Å². The molecule has 1 aromatic carbocycles. The molecule has 0 aliphatic carbocycles. The van der Waals surface area contributed by atoms with Gasteiger partial charge < -0.3 is 10.2 Å². The Labute approximate surface area is 125 Å². The number of sulfonamides is 1. The quantitative estimate of drug-likeness (QED) is 0.776. The van der Waals surface area contributed by atoms with E-state index in [2.05, 4.69) is 10.0 Å². The minimum Gasteiger partial charge on any atom is -0.318 e. The number of rotatable bonds is 5. The van der Waals surface area contributed by atoms with Crippen molar-refractivity contribution >= 4 is 21.6 Å². The maximum absolute atomic E-state index is 12.2. The molecule has 0 radical (unpaired) electrons. The van der Waals surface area contributed by atoms with Crippen molar-refractivity contribution in [1.29, 1.82) is 0 Å². The lowest BCUT2D eigenvalue weighted by Crippen LogP contribution is -2.33. The molecule has 116 valence electrons. The molecule has 0 spiro atoms. The molecule has 0 saturated heterocycles. The first kappa shape index (κ1) is 15.9. The molecule has 0 saturated carbocycles. The second kappa shape index (κ2) is 6.13. The Morgan fingerprint density at radius 1 is 1.38 bits per heavy atom. The number of anilines is 1. The molecule has 0 fully saturated rings. The fourth-order valence-corrected chi connectivity index (χ4v) is 3.73. The summed E-state index contributed by atoms with van der Waals surface area (Å²) in [4.78, 5) is 13.6. The first-order valence-electron chi connectivity index (χ1n) is 6.94. The average molecular weight is 311 g/mol. The van der Waals surface area contributed by atoms with Gasteiger partial charge in [0.25, 0.3) is 0 Å². The summed E-state index contributed by atoms with van der Waals surface area (Å²) in [6.45, 7) is 4.39. The van der Waals surface area contributed by atoms with Crippen molar-refractivity contribution in [2.24, 2.45) is 0 Å². The molecule has 2 N–H and O–H groups in total. The highest BCUT2D eigenvalue weighted by atomic mass is 32.2. The lowest BCUT2D eigenvalue weighted by Gasteiger charge is -2.20. The Kier molecular flexibility index (Phi) is 4.65. The SMILES string of the molecule is CNCCNS(=O)(=O)c1ccc2c(c1)CC(C)N2C(C)=O. The number of fused-ring (bicyclic) bond motifs is 1. The van der Waals surface area contributed by atoms with Gasteiger partial charge in [-0.05, 0) is 44.2 Å². The smallest absolute Gasteiger partial charge is 0.240 e. The number of hydrogen-bond acceptors (Lipinski definition) is 4. The van der Waals surface area contributed by atoms with E-state index in [0.29, 0.717) is 19.5 Å². The highest BCUT2D eigenvalue weighted by Gasteiger charge is 2.30. The van der Waals surface area contributed by atoms with Crippen LogP contribution in [0.25, 0.3) is 0 Å². The third kappa shape index (κ3) is 3.25. The summed E-state index contributed by atoms with van der Waals surface area (Å²) >= 11 is 0. The summed E-state index contributed by atoms with van der Waals surface area (Å²) in [5.74, 6) is -0.0241. The van der Waals surface area contributed by atoms with E-state index in [4.69, 9.17) is 0 Å². The van der Waals surface area contributed by atoms with Crippen molar-refractivity contribution in [2.75, 3.05) is 25.0 Å². The average Bonchev–Trinajstić information content (AvgIpc) is 2.73. The van der Waals surface area contributed by atoms with Gasteiger partial charge in [0.15, 0.2) is 0 Å². The lowest BCUT2D eigenvalue weighted by molar-refractivity contribution is -0.116. The minimum atomic E-state index is -3.50. The topological polar surface area (TPSA) is 78.5 Å². The van der Waals surface area contributed by atoms with Gasteiger partial charge in [0.05, 0.1) is 4.90 Å². The van der Waals surface area contributed by atoms with Crippen LogP contribution in [-0.2, 0) is 21.2 Å². The zero-order chi connectivity index (χ0) is 15.6. The molecule has 1 unspecified atom stereocenters. The summed E-state index contributed by atoms with van der Waals surface area (Å²) < 4.78 is 26.9. The van der Waals surface area contributed by atoms with Crippen LogP contribution in [0.15, 0.2) is 23.1 Å². The van der Waals surface area contributed by atoms with E-state index in [9.17, 15) is 13.2 Å². The van der Waals surface area contributed by atoms with E-state index in [1.807, 2.05) is 6.92 Å². The zero-order valence-electron chi connectivity index (χ0n) is 12.5. The number of nitrogens with zero attached hydrogens (tertiary/aromatic N) is 1. The number of likely N-dealkylation sites (N-methyl/N-ethyl adjacent to an activating group) is 1. The van der Waals surface area contributed by atoms with Gasteiger partial charge in [-0.15, -0.1) is 0 Å². The first-order valence-corrected chi connectivity index (χ1v) is 8.42. The van der Waals surface area contributed by atoms with Gasteiger partial charge in [-0.25, -0.2) is 13.1 Å². The van der Waals surface area contributed by atoms with Gasteiger partial charge in [0.2, 0.25) is 15.9 Å². The molecule has 21 heavy (non-hydrogen) atoms. The van der Waals surface area contributed by atoms with Crippen molar-refractivity contribution in [1.82, 2.24) is 10.0 Å². The predicted octanol–water partition coefficient (Wildman–Crippen LogP) is 0.482. The third-order valence-corrected chi connectivity index (χ3v) is 5.04. The summed E-state index contributed by atoms with van der Waals surface area (Å²) in [6.07, 6.45) is 0.675. The zero-order valence-corrected chi connectivity index (χ0v) is 13.3. The Balaban J connectivity index is 2.27. The van der Waals surface area contributed by atoms with Gasteiger partial charge >= 0.3 is 0 Å². The van der Waals surface area contributed by atoms with E-state index in [1.165, 1.54) is 6.92 Å². The summed E-state index contributed by atoms with van der Waals surface area (Å²) in [6, 6.07) is 4.99. The fourth-order valence-electron chi connectivity index (χ4n) is 2.65. The maximum atomic E-state index is 12.2. The van der Waals surface area contributed by atoms with Gasteiger partial charge in [-0.2, -0.15) is 0 Å². The molecule has 1 heterocycles. The van der Waals surface area contributed by atoms with E-state index in [1.54, 1.807) is 30.1 Å². The lowest BCUT2D eigenvalue weighted by atomic mass is 10.1. The largest absolute Gasteiger partial charge is 0.318 e. The second-order valence-electron chi connectivity index (χ2n) is 5.23. The number of carbonyl (C=O) groups is 1. The molecule has 0 aromatic heterocycles. The van der Waals surface area contributed by atoms with Crippen LogP contribution < -0.4 is 14.9 Å². The summed E-state index contributed by atoms with van der Waals surface area (Å²) in [5, 5.41) is 2.89. The van der Waals surface area contributed by atoms with E-state index in [0.717, 1.165) is 11.3 Å². The molecule has 1 amide bonds. The van der Waals surface area contributed by atoms with Crippen molar-refractivity contribution in [3.63, 3.8) is 0 Å². The highest BCUT2D eigenvalue weighted by Crippen LogP contribution is 2.33. The van der Waals surface area contributed by atoms with Crippen molar-refractivity contribution in [3.05, 3.63) is 23.8 Å². The van der Waals surface area contributed by atoms with Gasteiger partial charge in [-0.3, -0.25) is 4.79 Å². The summed E-state index contributed by atoms with van der Waals surface area (Å²) in [5.41, 5.74) is 1.71. The third-order valence-electron chi connectivity index (χ3n) is 3.58. The standard InChI is InChI=1S/C14H21N3O3S/c1-10-8-12-9-13(21(19,20)16-7-6-15-3)4-5-14(12)17(10)11(2)18/h4-5,9-10,15-16H,6-8H2,1-3H3. The Hall–Kier alpha value is -1.44. The molecule has 1 atom stereocenters. The van der Waals surface area contributed by atoms with Crippen LogP contribution in [0.2, 0.25) is 0 Å². The minimum absolute atomic E-state index is 0.0241. The molecular formula is C14H21N3O3S. The van der Waals surface area contributed by atoms with Gasteiger partial charge in [-0.1, -0.05) is 0 Å². The Bertz CT molecular complexity index is 643. The van der Waals surface area contributed by atoms with Crippen LogP contribution in [0.3, 0.4) is 0 Å². The predicted molar refractivity (Wildman–Crippen MR) is 81.9 cm³/mol. The van der Waals surface area contributed by atoms with E-state index in [-0.39, 0.29) is 16.8 Å². The van der Waals surface area contributed by atoms with E-state index >= 15 is 0 Å². The Morgan fingerprint density at radius 2 is 2.10 bits per heavy atom. The number of amides is 1. The van der Waals surface area contributed by atoms with E-state index < -0.39 is 10.0 Å². The van der Waals surface area contributed by atoms with Gasteiger partial charge in [0, 0.05) is 31.7 Å². The number of nitrogens with one attached hydrogen (secondary N) is 2. The van der Waals surface area contributed by atoms with Crippen LogP contribution in [0.5, 0.6) is 0 Å². The molecule has 1 aromatic rings. The summed E-state index contributed by atoms with van der Waals surface area (Å²) in [7, 11) is -1.74.